The van der Waals surface area contributed by atoms with Crippen molar-refractivity contribution in [2.45, 2.75) is 6.54 Å². The molecule has 19 heavy (non-hydrogen) atoms. The molecule has 2 rings (SSSR count). The van der Waals surface area contributed by atoms with Crippen molar-refractivity contribution in [2.75, 3.05) is 0 Å². The molecule has 2 aromatic carbocycles. The lowest BCUT2D eigenvalue weighted by Gasteiger charge is -2.07. The first-order valence-corrected chi connectivity index (χ1v) is 6.99. The first kappa shape index (κ1) is 14.3. The zero-order valence-electron chi connectivity index (χ0n) is 9.79. The van der Waals surface area contributed by atoms with E-state index in [2.05, 4.69) is 5.32 Å². The maximum atomic E-state index is 13.5. The lowest BCUT2D eigenvalue weighted by molar-refractivity contribution is 0.0947. The molecule has 0 unspecified atom stereocenters. The number of halogens is 3. The largest absolute Gasteiger partial charge is 0.348 e. The minimum Gasteiger partial charge on any atom is -0.348 e. The van der Waals surface area contributed by atoms with Gasteiger partial charge in [0, 0.05) is 15.1 Å². The number of hydrogen-bond acceptors (Lipinski definition) is 1. The first-order valence-electron chi connectivity index (χ1n) is 5.54. The van der Waals surface area contributed by atoms with E-state index in [0.29, 0.717) is 11.6 Å². The van der Waals surface area contributed by atoms with E-state index in [1.165, 1.54) is 12.1 Å². The predicted octanol–water partition coefficient (Wildman–Crippen LogP) is 4.01. The summed E-state index contributed by atoms with van der Waals surface area (Å²) < 4.78 is 14.3. The van der Waals surface area contributed by atoms with E-state index in [4.69, 9.17) is 11.6 Å². The Bertz CT molecular complexity index is 618. The number of rotatable bonds is 3. The van der Waals surface area contributed by atoms with Crippen molar-refractivity contribution < 1.29 is 9.18 Å². The van der Waals surface area contributed by atoms with E-state index >= 15 is 0 Å². The summed E-state index contributed by atoms with van der Waals surface area (Å²) in [6.07, 6.45) is 0. The number of hydrogen-bond donors (Lipinski definition) is 1. The van der Waals surface area contributed by atoms with Crippen molar-refractivity contribution in [3.63, 3.8) is 0 Å². The van der Waals surface area contributed by atoms with E-state index in [9.17, 15) is 9.18 Å². The van der Waals surface area contributed by atoms with Crippen LogP contribution in [0.1, 0.15) is 15.9 Å². The predicted molar refractivity (Wildman–Crippen MR) is 81.7 cm³/mol. The van der Waals surface area contributed by atoms with Crippen molar-refractivity contribution >= 4 is 40.1 Å². The summed E-state index contributed by atoms with van der Waals surface area (Å²) in [6.45, 7) is 0.310. The van der Waals surface area contributed by atoms with Gasteiger partial charge in [-0.3, -0.25) is 4.79 Å². The summed E-state index contributed by atoms with van der Waals surface area (Å²) in [6, 6.07) is 11.6. The fourth-order valence-electron chi connectivity index (χ4n) is 1.60. The fraction of sp³-hybridized carbons (Fsp3) is 0.0714. The van der Waals surface area contributed by atoms with Crippen LogP contribution >= 0.6 is 34.2 Å². The zero-order valence-corrected chi connectivity index (χ0v) is 12.7. The van der Waals surface area contributed by atoms with Crippen LogP contribution in [0.15, 0.2) is 42.5 Å². The van der Waals surface area contributed by atoms with Crippen LogP contribution in [0, 0.1) is 9.39 Å². The molecule has 5 heteroatoms. The SMILES string of the molecule is O=C(NCc1cccc(Cl)c1)c1cc(I)ccc1F. The van der Waals surface area contributed by atoms with Gasteiger partial charge >= 0.3 is 0 Å². The highest BCUT2D eigenvalue weighted by Gasteiger charge is 2.11. The smallest absolute Gasteiger partial charge is 0.254 e. The van der Waals surface area contributed by atoms with Gasteiger partial charge in [-0.1, -0.05) is 23.7 Å². The standard InChI is InChI=1S/C14H10ClFINO/c15-10-3-1-2-9(6-10)8-18-14(19)12-7-11(17)4-5-13(12)16/h1-7H,8H2,(H,18,19). The van der Waals surface area contributed by atoms with E-state index in [0.717, 1.165) is 9.13 Å². The second-order valence-corrected chi connectivity index (χ2v) is 5.62. The van der Waals surface area contributed by atoms with E-state index in [1.807, 2.05) is 28.7 Å². The highest BCUT2D eigenvalue weighted by molar-refractivity contribution is 14.1. The molecule has 0 aliphatic rings. The van der Waals surface area contributed by atoms with Crippen molar-refractivity contribution in [2.24, 2.45) is 0 Å². The Kier molecular flexibility index (Phi) is 4.76. The van der Waals surface area contributed by atoms with Gasteiger partial charge in [0.2, 0.25) is 0 Å². The number of amides is 1. The third kappa shape index (κ3) is 3.91. The maximum Gasteiger partial charge on any atom is 0.254 e. The molecule has 0 atom stereocenters. The van der Waals surface area contributed by atoms with Gasteiger partial charge < -0.3 is 5.32 Å². The average Bonchev–Trinajstić information content (AvgIpc) is 2.39. The normalized spacial score (nSPS) is 10.3. The number of benzene rings is 2. The van der Waals surface area contributed by atoms with Gasteiger partial charge in [-0.2, -0.15) is 0 Å². The number of nitrogens with one attached hydrogen (secondary N) is 1. The lowest BCUT2D eigenvalue weighted by atomic mass is 10.2. The Balaban J connectivity index is 2.07. The van der Waals surface area contributed by atoms with E-state index < -0.39 is 11.7 Å². The summed E-state index contributed by atoms with van der Waals surface area (Å²) >= 11 is 7.89. The second-order valence-electron chi connectivity index (χ2n) is 3.94. The molecule has 98 valence electrons. The van der Waals surface area contributed by atoms with Gasteiger partial charge in [-0.25, -0.2) is 4.39 Å². The molecule has 0 fully saturated rings. The molecule has 2 nitrogen and oxygen atoms in total. The Morgan fingerprint density at radius 3 is 2.79 bits per heavy atom. The average molecular weight is 390 g/mol. The van der Waals surface area contributed by atoms with E-state index in [1.54, 1.807) is 24.3 Å². The minimum atomic E-state index is -0.524. The van der Waals surface area contributed by atoms with Gasteiger partial charge in [0.1, 0.15) is 5.82 Å². The molecule has 0 radical (unpaired) electrons. The van der Waals surface area contributed by atoms with Gasteiger partial charge in [0.25, 0.3) is 5.91 Å². The summed E-state index contributed by atoms with van der Waals surface area (Å²) in [5.74, 6) is -0.958. The summed E-state index contributed by atoms with van der Waals surface area (Å²) in [4.78, 5) is 11.9. The van der Waals surface area contributed by atoms with Crippen molar-refractivity contribution in [3.8, 4) is 0 Å². The molecule has 0 aliphatic heterocycles. The molecule has 2 aromatic rings. The minimum absolute atomic E-state index is 0.0499. The van der Waals surface area contributed by atoms with Crippen LogP contribution in [0.2, 0.25) is 5.02 Å². The Morgan fingerprint density at radius 2 is 2.05 bits per heavy atom. The van der Waals surface area contributed by atoms with Crippen LogP contribution in [-0.4, -0.2) is 5.91 Å². The molecule has 1 N–H and O–H groups in total. The molecule has 0 bridgehead atoms. The number of carbonyl (C=O) groups is 1. The molecule has 0 saturated heterocycles. The van der Waals surface area contributed by atoms with Crippen LogP contribution in [0.3, 0.4) is 0 Å². The molecule has 1 amide bonds. The molecule has 0 spiro atoms. The highest BCUT2D eigenvalue weighted by atomic mass is 127. The first-order chi connectivity index (χ1) is 9.06. The molecular formula is C14H10ClFINO. The van der Waals surface area contributed by atoms with Crippen LogP contribution in [-0.2, 0) is 6.54 Å². The summed E-state index contributed by atoms with van der Waals surface area (Å²) in [5, 5.41) is 3.27. The molecule has 0 saturated carbocycles. The number of carbonyl (C=O) groups excluding carboxylic acids is 1. The topological polar surface area (TPSA) is 29.1 Å². The van der Waals surface area contributed by atoms with E-state index in [-0.39, 0.29) is 5.56 Å². The van der Waals surface area contributed by atoms with Gasteiger partial charge in [0.15, 0.2) is 0 Å². The highest BCUT2D eigenvalue weighted by Crippen LogP contribution is 2.13. The summed E-state index contributed by atoms with van der Waals surface area (Å²) in [5.41, 5.74) is 0.917. The summed E-state index contributed by atoms with van der Waals surface area (Å²) in [7, 11) is 0. The van der Waals surface area contributed by atoms with Gasteiger partial charge in [0.05, 0.1) is 5.56 Å². The molecule has 0 aromatic heterocycles. The van der Waals surface area contributed by atoms with Crippen LogP contribution in [0.5, 0.6) is 0 Å². The second kappa shape index (κ2) is 6.34. The van der Waals surface area contributed by atoms with Crippen molar-refractivity contribution in [3.05, 3.63) is 68.0 Å². The monoisotopic (exact) mass is 389 g/mol. The Hall–Kier alpha value is -1.14. The Labute approximate surface area is 129 Å². The molecule has 0 aliphatic carbocycles. The van der Waals surface area contributed by atoms with Gasteiger partial charge in [-0.05, 0) is 58.5 Å². The third-order valence-electron chi connectivity index (χ3n) is 2.52. The van der Waals surface area contributed by atoms with Crippen LogP contribution in [0.4, 0.5) is 4.39 Å². The van der Waals surface area contributed by atoms with Gasteiger partial charge in [-0.15, -0.1) is 0 Å². The van der Waals surface area contributed by atoms with Crippen molar-refractivity contribution in [1.82, 2.24) is 5.32 Å². The third-order valence-corrected chi connectivity index (χ3v) is 3.42. The molecular weight excluding hydrogens is 380 g/mol. The fourth-order valence-corrected chi connectivity index (χ4v) is 2.30. The Morgan fingerprint density at radius 1 is 1.26 bits per heavy atom. The molecule has 0 heterocycles. The van der Waals surface area contributed by atoms with Crippen molar-refractivity contribution in [1.29, 1.82) is 0 Å². The lowest BCUT2D eigenvalue weighted by Crippen LogP contribution is -2.23. The zero-order chi connectivity index (χ0) is 13.8. The van der Waals surface area contributed by atoms with Crippen LogP contribution in [0.25, 0.3) is 0 Å². The maximum absolute atomic E-state index is 13.5. The quantitative estimate of drug-likeness (QED) is 0.790. The van der Waals surface area contributed by atoms with Crippen LogP contribution < -0.4 is 5.32 Å².